The van der Waals surface area contributed by atoms with Gasteiger partial charge in [0.15, 0.2) is 0 Å². The quantitative estimate of drug-likeness (QED) is 0.849. The fraction of sp³-hybridized carbons (Fsp3) is 0.550. The van der Waals surface area contributed by atoms with Gasteiger partial charge in [-0.25, -0.2) is 4.39 Å². The van der Waals surface area contributed by atoms with Crippen molar-refractivity contribution in [1.29, 1.82) is 0 Å². The summed E-state index contributed by atoms with van der Waals surface area (Å²) in [5.74, 6) is -0.974. The van der Waals surface area contributed by atoms with Crippen molar-refractivity contribution in [2.24, 2.45) is 5.92 Å². The van der Waals surface area contributed by atoms with Gasteiger partial charge < -0.3 is 15.5 Å². The number of nitrogens with one attached hydrogen (secondary N) is 2. The number of amides is 3. The summed E-state index contributed by atoms with van der Waals surface area (Å²) >= 11 is 0. The summed E-state index contributed by atoms with van der Waals surface area (Å²) in [7, 11) is 0. The molecule has 0 bridgehead atoms. The SMILES string of the molecule is O=C(CC1C(=O)NC2CCCCC2N1C(=O)C1CC1)Nc1ccc(F)cc1. The second-order valence-electron chi connectivity index (χ2n) is 7.76. The predicted molar refractivity (Wildman–Crippen MR) is 97.2 cm³/mol. The molecule has 144 valence electrons. The molecule has 2 saturated carbocycles. The van der Waals surface area contributed by atoms with Crippen LogP contribution < -0.4 is 10.6 Å². The molecule has 7 heteroatoms. The lowest BCUT2D eigenvalue weighted by molar-refractivity contribution is -0.152. The zero-order valence-corrected chi connectivity index (χ0v) is 15.1. The van der Waals surface area contributed by atoms with Crippen molar-refractivity contribution in [3.8, 4) is 0 Å². The maximum absolute atomic E-state index is 13.0. The van der Waals surface area contributed by atoms with Crippen molar-refractivity contribution >= 4 is 23.4 Å². The van der Waals surface area contributed by atoms with Crippen LogP contribution in [0.15, 0.2) is 24.3 Å². The minimum Gasteiger partial charge on any atom is -0.349 e. The molecule has 2 N–H and O–H groups in total. The number of piperazine rings is 1. The number of benzene rings is 1. The van der Waals surface area contributed by atoms with Gasteiger partial charge in [0.05, 0.1) is 12.5 Å². The monoisotopic (exact) mass is 373 g/mol. The molecule has 2 aliphatic carbocycles. The fourth-order valence-electron chi connectivity index (χ4n) is 4.22. The van der Waals surface area contributed by atoms with E-state index in [1.54, 1.807) is 4.90 Å². The summed E-state index contributed by atoms with van der Waals surface area (Å²) in [4.78, 5) is 39.8. The van der Waals surface area contributed by atoms with Gasteiger partial charge in [0.25, 0.3) is 0 Å². The van der Waals surface area contributed by atoms with Crippen molar-refractivity contribution in [1.82, 2.24) is 10.2 Å². The van der Waals surface area contributed by atoms with Crippen molar-refractivity contribution in [2.45, 2.75) is 63.1 Å². The third-order valence-corrected chi connectivity index (χ3v) is 5.74. The molecule has 3 aliphatic rings. The molecule has 1 heterocycles. The smallest absolute Gasteiger partial charge is 0.243 e. The van der Waals surface area contributed by atoms with Gasteiger partial charge in [0.1, 0.15) is 11.9 Å². The van der Waals surface area contributed by atoms with E-state index in [0.29, 0.717) is 5.69 Å². The molecule has 1 aromatic rings. The van der Waals surface area contributed by atoms with Gasteiger partial charge in [0, 0.05) is 17.6 Å². The Morgan fingerprint density at radius 3 is 2.52 bits per heavy atom. The lowest BCUT2D eigenvalue weighted by atomic mass is 9.85. The van der Waals surface area contributed by atoms with E-state index in [0.717, 1.165) is 38.5 Å². The van der Waals surface area contributed by atoms with E-state index in [1.807, 2.05) is 0 Å². The third-order valence-electron chi connectivity index (χ3n) is 5.74. The molecule has 1 aromatic carbocycles. The summed E-state index contributed by atoms with van der Waals surface area (Å²) < 4.78 is 13.0. The number of carbonyl (C=O) groups excluding carboxylic acids is 3. The molecule has 3 unspecified atom stereocenters. The zero-order valence-electron chi connectivity index (χ0n) is 15.1. The lowest BCUT2D eigenvalue weighted by Crippen LogP contribution is -2.68. The average molecular weight is 373 g/mol. The number of hydrogen-bond acceptors (Lipinski definition) is 3. The Kier molecular flexibility index (Phi) is 4.85. The number of rotatable bonds is 4. The van der Waals surface area contributed by atoms with Crippen molar-refractivity contribution in [3.63, 3.8) is 0 Å². The highest BCUT2D eigenvalue weighted by atomic mass is 19.1. The van der Waals surface area contributed by atoms with E-state index in [2.05, 4.69) is 10.6 Å². The Morgan fingerprint density at radius 1 is 1.11 bits per heavy atom. The van der Waals surface area contributed by atoms with E-state index in [9.17, 15) is 18.8 Å². The molecule has 0 aromatic heterocycles. The standard InChI is InChI=1S/C20H24FN3O3/c21-13-7-9-14(10-8-13)22-18(25)11-17-19(26)23-15-3-1-2-4-16(15)24(17)20(27)12-5-6-12/h7-10,12,15-17H,1-6,11H2,(H,22,25)(H,23,26). The number of carbonyl (C=O) groups is 3. The topological polar surface area (TPSA) is 78.5 Å². The molecule has 4 rings (SSSR count). The maximum Gasteiger partial charge on any atom is 0.243 e. The summed E-state index contributed by atoms with van der Waals surface area (Å²) in [5, 5.41) is 5.72. The minimum atomic E-state index is -0.780. The highest BCUT2D eigenvalue weighted by Crippen LogP contribution is 2.37. The minimum absolute atomic E-state index is 0.00105. The first-order chi connectivity index (χ1) is 13.0. The van der Waals surface area contributed by atoms with Gasteiger partial charge in [-0.05, 0) is 49.9 Å². The van der Waals surface area contributed by atoms with E-state index in [4.69, 9.17) is 0 Å². The first-order valence-corrected chi connectivity index (χ1v) is 9.71. The van der Waals surface area contributed by atoms with Crippen LogP contribution >= 0.6 is 0 Å². The van der Waals surface area contributed by atoms with Crippen LogP contribution in [0.3, 0.4) is 0 Å². The van der Waals surface area contributed by atoms with Crippen molar-refractivity contribution in [3.05, 3.63) is 30.1 Å². The zero-order chi connectivity index (χ0) is 19.0. The highest BCUT2D eigenvalue weighted by molar-refractivity contribution is 5.98. The number of hydrogen-bond donors (Lipinski definition) is 2. The molecular weight excluding hydrogens is 349 g/mol. The second kappa shape index (κ2) is 7.29. The van der Waals surface area contributed by atoms with Crippen LogP contribution in [0.25, 0.3) is 0 Å². The van der Waals surface area contributed by atoms with Gasteiger partial charge in [-0.2, -0.15) is 0 Å². The van der Waals surface area contributed by atoms with Gasteiger partial charge in [-0.3, -0.25) is 14.4 Å². The van der Waals surface area contributed by atoms with Crippen LogP contribution in [-0.2, 0) is 14.4 Å². The molecule has 0 radical (unpaired) electrons. The van der Waals surface area contributed by atoms with Crippen LogP contribution in [0.4, 0.5) is 10.1 Å². The molecule has 6 nitrogen and oxygen atoms in total. The Labute approximate surface area is 157 Å². The first-order valence-electron chi connectivity index (χ1n) is 9.71. The van der Waals surface area contributed by atoms with E-state index in [-0.39, 0.29) is 48.0 Å². The van der Waals surface area contributed by atoms with Crippen LogP contribution in [0.5, 0.6) is 0 Å². The molecule has 1 aliphatic heterocycles. The van der Waals surface area contributed by atoms with Gasteiger partial charge in [-0.15, -0.1) is 0 Å². The molecule has 0 spiro atoms. The molecule has 3 atom stereocenters. The first kappa shape index (κ1) is 17.9. The van der Waals surface area contributed by atoms with Crippen LogP contribution in [0, 0.1) is 11.7 Å². The Hall–Kier alpha value is -2.44. The molecule has 27 heavy (non-hydrogen) atoms. The number of halogens is 1. The number of fused-ring (bicyclic) bond motifs is 1. The Balaban J connectivity index is 1.51. The molecule has 1 saturated heterocycles. The normalized spacial score (nSPS) is 27.5. The Morgan fingerprint density at radius 2 is 1.81 bits per heavy atom. The fourth-order valence-corrected chi connectivity index (χ4v) is 4.22. The summed E-state index contributed by atoms with van der Waals surface area (Å²) in [6.45, 7) is 0. The van der Waals surface area contributed by atoms with Crippen LogP contribution in [0.2, 0.25) is 0 Å². The molecule has 3 fully saturated rings. The number of nitrogens with zero attached hydrogens (tertiary/aromatic N) is 1. The molecule has 3 amide bonds. The highest BCUT2D eigenvalue weighted by Gasteiger charge is 2.48. The number of anilines is 1. The second-order valence-corrected chi connectivity index (χ2v) is 7.76. The van der Waals surface area contributed by atoms with Gasteiger partial charge in [-0.1, -0.05) is 12.8 Å². The Bertz CT molecular complexity index is 747. The van der Waals surface area contributed by atoms with Gasteiger partial charge in [0.2, 0.25) is 17.7 Å². The van der Waals surface area contributed by atoms with Crippen molar-refractivity contribution in [2.75, 3.05) is 5.32 Å². The maximum atomic E-state index is 13.0. The van der Waals surface area contributed by atoms with E-state index in [1.165, 1.54) is 24.3 Å². The third kappa shape index (κ3) is 3.82. The average Bonchev–Trinajstić information content (AvgIpc) is 3.49. The van der Waals surface area contributed by atoms with E-state index < -0.39 is 6.04 Å². The lowest BCUT2D eigenvalue weighted by Gasteiger charge is -2.48. The van der Waals surface area contributed by atoms with Crippen LogP contribution in [0.1, 0.15) is 44.9 Å². The largest absolute Gasteiger partial charge is 0.349 e. The van der Waals surface area contributed by atoms with Crippen molar-refractivity contribution < 1.29 is 18.8 Å². The summed E-state index contributed by atoms with van der Waals surface area (Å²) in [6, 6.07) is 4.66. The summed E-state index contributed by atoms with van der Waals surface area (Å²) in [5.41, 5.74) is 0.466. The van der Waals surface area contributed by atoms with Crippen LogP contribution in [-0.4, -0.2) is 40.7 Å². The van der Waals surface area contributed by atoms with Gasteiger partial charge >= 0.3 is 0 Å². The molecular formula is C20H24FN3O3. The van der Waals surface area contributed by atoms with E-state index >= 15 is 0 Å². The predicted octanol–water partition coefficient (Wildman–Crippen LogP) is 2.20. The summed E-state index contributed by atoms with van der Waals surface area (Å²) in [6.07, 6.45) is 5.44.